The van der Waals surface area contributed by atoms with Gasteiger partial charge in [-0.2, -0.15) is 0 Å². The second-order valence-corrected chi connectivity index (χ2v) is 6.35. The molecule has 2 aromatic rings. The third-order valence-electron chi connectivity index (χ3n) is 4.39. The van der Waals surface area contributed by atoms with Crippen LogP contribution in [0.3, 0.4) is 0 Å². The highest BCUT2D eigenvalue weighted by molar-refractivity contribution is 6.01. The highest BCUT2D eigenvalue weighted by Crippen LogP contribution is 2.32. The van der Waals surface area contributed by atoms with Gasteiger partial charge in [-0.15, -0.1) is 0 Å². The van der Waals surface area contributed by atoms with E-state index in [2.05, 4.69) is 0 Å². The fourth-order valence-electron chi connectivity index (χ4n) is 3.03. The Bertz CT molecular complexity index is 762. The molecule has 0 aliphatic rings. The topological polar surface area (TPSA) is 60.4 Å². The number of rotatable bonds is 8. The van der Waals surface area contributed by atoms with Crippen molar-refractivity contribution in [2.24, 2.45) is 5.92 Å². The van der Waals surface area contributed by atoms with E-state index >= 15 is 0 Å². The van der Waals surface area contributed by atoms with E-state index in [9.17, 15) is 14.4 Å². The average Bonchev–Trinajstić information content (AvgIpc) is 2.62. The molecule has 0 spiro atoms. The molecular weight excluding hydrogens is 328 g/mol. The first kappa shape index (κ1) is 19.6. The number of hydrogen-bond donors (Lipinski definition) is 0. The molecule has 2 rings (SSSR count). The SMILES string of the molecule is CCOC(=O)C(C(C)=O)C(CC(=O)c1ccccc1)c1ccc(C)cc1. The monoisotopic (exact) mass is 352 g/mol. The molecule has 0 aromatic heterocycles. The third-order valence-corrected chi connectivity index (χ3v) is 4.39. The summed E-state index contributed by atoms with van der Waals surface area (Å²) in [6, 6.07) is 16.5. The van der Waals surface area contributed by atoms with E-state index in [4.69, 9.17) is 4.74 Å². The van der Waals surface area contributed by atoms with E-state index < -0.39 is 17.8 Å². The van der Waals surface area contributed by atoms with Crippen molar-refractivity contribution in [1.29, 1.82) is 0 Å². The van der Waals surface area contributed by atoms with Gasteiger partial charge in [-0.25, -0.2) is 0 Å². The zero-order valence-electron chi connectivity index (χ0n) is 15.4. The van der Waals surface area contributed by atoms with E-state index in [0.717, 1.165) is 11.1 Å². The predicted molar refractivity (Wildman–Crippen MR) is 100 cm³/mol. The Morgan fingerprint density at radius 3 is 2.12 bits per heavy atom. The quantitative estimate of drug-likeness (QED) is 0.407. The summed E-state index contributed by atoms with van der Waals surface area (Å²) in [5, 5.41) is 0. The van der Waals surface area contributed by atoms with Gasteiger partial charge in [0.05, 0.1) is 6.61 Å². The minimum absolute atomic E-state index is 0.0656. The molecule has 4 heteroatoms. The van der Waals surface area contributed by atoms with Gasteiger partial charge in [-0.05, 0) is 26.3 Å². The molecule has 26 heavy (non-hydrogen) atoms. The van der Waals surface area contributed by atoms with Crippen LogP contribution in [-0.4, -0.2) is 24.1 Å². The summed E-state index contributed by atoms with van der Waals surface area (Å²) in [6.07, 6.45) is 0.0656. The molecule has 0 amide bonds. The lowest BCUT2D eigenvalue weighted by molar-refractivity contribution is -0.152. The van der Waals surface area contributed by atoms with Crippen molar-refractivity contribution in [3.8, 4) is 0 Å². The number of aryl methyl sites for hydroxylation is 1. The molecule has 2 aromatic carbocycles. The molecule has 0 aliphatic heterocycles. The Morgan fingerprint density at radius 1 is 0.962 bits per heavy atom. The Labute approximate surface area is 154 Å². The van der Waals surface area contributed by atoms with Crippen molar-refractivity contribution in [3.05, 3.63) is 71.3 Å². The van der Waals surface area contributed by atoms with Crippen molar-refractivity contribution >= 4 is 17.5 Å². The number of ether oxygens (including phenoxy) is 1. The summed E-state index contributed by atoms with van der Waals surface area (Å²) in [4.78, 5) is 37.4. The molecule has 136 valence electrons. The summed E-state index contributed by atoms with van der Waals surface area (Å²) in [6.45, 7) is 5.22. The molecule has 2 unspecified atom stereocenters. The number of carbonyl (C=O) groups excluding carboxylic acids is 3. The van der Waals surface area contributed by atoms with Gasteiger partial charge in [0, 0.05) is 17.9 Å². The first-order chi connectivity index (χ1) is 12.4. The van der Waals surface area contributed by atoms with Gasteiger partial charge < -0.3 is 4.74 Å². The van der Waals surface area contributed by atoms with Crippen LogP contribution in [0.2, 0.25) is 0 Å². The molecule has 0 bridgehead atoms. The molecule has 0 aliphatic carbocycles. The molecule has 0 saturated carbocycles. The van der Waals surface area contributed by atoms with Gasteiger partial charge >= 0.3 is 5.97 Å². The van der Waals surface area contributed by atoms with Gasteiger partial charge in [0.1, 0.15) is 11.7 Å². The molecule has 0 heterocycles. The first-order valence-corrected chi connectivity index (χ1v) is 8.76. The summed E-state index contributed by atoms with van der Waals surface area (Å²) in [7, 11) is 0. The molecule has 0 N–H and O–H groups in total. The number of benzene rings is 2. The van der Waals surface area contributed by atoms with E-state index in [-0.39, 0.29) is 24.6 Å². The maximum Gasteiger partial charge on any atom is 0.317 e. The lowest BCUT2D eigenvalue weighted by Gasteiger charge is -2.24. The lowest BCUT2D eigenvalue weighted by Crippen LogP contribution is -2.32. The Hall–Kier alpha value is -2.75. The normalized spacial score (nSPS) is 12.9. The molecule has 2 atom stereocenters. The van der Waals surface area contributed by atoms with Gasteiger partial charge in [-0.3, -0.25) is 14.4 Å². The van der Waals surface area contributed by atoms with Gasteiger partial charge in [0.25, 0.3) is 0 Å². The summed E-state index contributed by atoms with van der Waals surface area (Å²) in [5.41, 5.74) is 2.42. The van der Waals surface area contributed by atoms with E-state index in [1.54, 1.807) is 31.2 Å². The second-order valence-electron chi connectivity index (χ2n) is 6.35. The van der Waals surface area contributed by atoms with Crippen LogP contribution in [0.15, 0.2) is 54.6 Å². The van der Waals surface area contributed by atoms with Crippen LogP contribution in [-0.2, 0) is 14.3 Å². The summed E-state index contributed by atoms with van der Waals surface area (Å²) < 4.78 is 5.11. The molecule has 0 fully saturated rings. The number of ketones is 2. The Kier molecular flexibility index (Phi) is 6.84. The van der Waals surface area contributed by atoms with E-state index in [1.165, 1.54) is 6.92 Å². The van der Waals surface area contributed by atoms with Crippen LogP contribution in [0.25, 0.3) is 0 Å². The van der Waals surface area contributed by atoms with Crippen LogP contribution in [0.1, 0.15) is 47.7 Å². The number of esters is 1. The number of carbonyl (C=O) groups is 3. The molecular formula is C22H24O4. The van der Waals surface area contributed by atoms with Crippen molar-refractivity contribution in [2.75, 3.05) is 6.61 Å². The van der Waals surface area contributed by atoms with Gasteiger partial charge in [-0.1, -0.05) is 60.2 Å². The van der Waals surface area contributed by atoms with Crippen LogP contribution >= 0.6 is 0 Å². The van der Waals surface area contributed by atoms with Crippen molar-refractivity contribution in [3.63, 3.8) is 0 Å². The first-order valence-electron chi connectivity index (χ1n) is 8.76. The fraction of sp³-hybridized carbons (Fsp3) is 0.318. The van der Waals surface area contributed by atoms with E-state index in [1.807, 2.05) is 37.3 Å². The van der Waals surface area contributed by atoms with Gasteiger partial charge in [0.2, 0.25) is 0 Å². The van der Waals surface area contributed by atoms with Gasteiger partial charge in [0.15, 0.2) is 5.78 Å². The standard InChI is InChI=1S/C22H24O4/c1-4-26-22(25)21(16(3)23)19(17-12-10-15(2)11-13-17)14-20(24)18-8-6-5-7-9-18/h5-13,19,21H,4,14H2,1-3H3. The summed E-state index contributed by atoms with van der Waals surface area (Å²) >= 11 is 0. The minimum atomic E-state index is -0.995. The number of hydrogen-bond acceptors (Lipinski definition) is 4. The van der Waals surface area contributed by atoms with Crippen LogP contribution < -0.4 is 0 Å². The van der Waals surface area contributed by atoms with Crippen LogP contribution in [0, 0.1) is 12.8 Å². The summed E-state index contributed by atoms with van der Waals surface area (Å²) in [5.74, 6) is -2.53. The minimum Gasteiger partial charge on any atom is -0.465 e. The fourth-order valence-corrected chi connectivity index (χ4v) is 3.03. The largest absolute Gasteiger partial charge is 0.465 e. The average molecular weight is 352 g/mol. The predicted octanol–water partition coefficient (Wildman–Crippen LogP) is 4.12. The molecule has 4 nitrogen and oxygen atoms in total. The van der Waals surface area contributed by atoms with E-state index in [0.29, 0.717) is 5.56 Å². The van der Waals surface area contributed by atoms with Crippen LogP contribution in [0.5, 0.6) is 0 Å². The highest BCUT2D eigenvalue weighted by Gasteiger charge is 2.36. The van der Waals surface area contributed by atoms with Crippen LogP contribution in [0.4, 0.5) is 0 Å². The zero-order chi connectivity index (χ0) is 19.1. The maximum atomic E-state index is 12.7. The zero-order valence-corrected chi connectivity index (χ0v) is 15.4. The van der Waals surface area contributed by atoms with Crippen molar-refractivity contribution in [1.82, 2.24) is 0 Å². The highest BCUT2D eigenvalue weighted by atomic mass is 16.5. The van der Waals surface area contributed by atoms with Crippen molar-refractivity contribution < 1.29 is 19.1 Å². The molecule has 0 radical (unpaired) electrons. The smallest absolute Gasteiger partial charge is 0.317 e. The second kappa shape index (κ2) is 9.09. The number of Topliss-reactive ketones (excluding diaryl/α,β-unsaturated/α-hetero) is 2. The maximum absolute atomic E-state index is 12.7. The van der Waals surface area contributed by atoms with Crippen molar-refractivity contribution in [2.45, 2.75) is 33.1 Å². The third kappa shape index (κ3) is 4.88. The lowest BCUT2D eigenvalue weighted by atomic mass is 9.79. The Balaban J connectivity index is 2.40. The Morgan fingerprint density at radius 2 is 1.58 bits per heavy atom. The molecule has 0 saturated heterocycles.